The van der Waals surface area contributed by atoms with Crippen LogP contribution in [0.3, 0.4) is 0 Å². The van der Waals surface area contributed by atoms with E-state index in [1.165, 1.54) is 0 Å². The zero-order chi connectivity index (χ0) is 46.2. The summed E-state index contributed by atoms with van der Waals surface area (Å²) in [5, 5.41) is 7.33. The Bertz CT molecular complexity index is 3280. The molecule has 326 valence electrons. The summed E-state index contributed by atoms with van der Waals surface area (Å²) in [6, 6.07) is 30.2. The van der Waals surface area contributed by atoms with Crippen LogP contribution in [0.1, 0.15) is 36.1 Å². The average molecular weight is 916 g/mol. The number of pyridine rings is 4. The van der Waals surface area contributed by atoms with Gasteiger partial charge in [0.1, 0.15) is 0 Å². The molecule has 6 aromatic carbocycles. The third-order valence-corrected chi connectivity index (χ3v) is 11.2. The van der Waals surface area contributed by atoms with Crippen LogP contribution in [0.25, 0.3) is 87.2 Å². The molecule has 0 saturated carbocycles. The smallest absolute Gasteiger partial charge is 0.272 e. The molecule has 0 saturated heterocycles. The number of carbonyl (C=O) groups is 1. The second-order valence-corrected chi connectivity index (χ2v) is 17.9. The number of fused-ring (bicyclic) bond motifs is 8. The number of H-pyrrole nitrogens is 4. The number of carbonyl (C=O) groups excluding carboxylic acids is 1. The molecule has 10 rings (SSSR count). The van der Waals surface area contributed by atoms with Gasteiger partial charge < -0.3 is 31.0 Å². The highest BCUT2D eigenvalue weighted by Crippen LogP contribution is 2.26. The topological polar surface area (TPSA) is 187 Å². The lowest BCUT2D eigenvalue weighted by Crippen LogP contribution is -2.34. The molecule has 0 aliphatic carbocycles. The van der Waals surface area contributed by atoms with E-state index in [0.717, 1.165) is 50.9 Å². The zero-order valence-electron chi connectivity index (χ0n) is 35.9. The van der Waals surface area contributed by atoms with Crippen molar-refractivity contribution >= 4 is 128 Å². The molecule has 64 heavy (non-hydrogen) atoms. The molecule has 0 radical (unpaired) electrons. The van der Waals surface area contributed by atoms with E-state index in [4.69, 9.17) is 40.5 Å². The van der Waals surface area contributed by atoms with Gasteiger partial charge in [0, 0.05) is 71.7 Å². The fourth-order valence-corrected chi connectivity index (χ4v) is 7.81. The van der Waals surface area contributed by atoms with Crippen LogP contribution in [-0.4, -0.2) is 42.7 Å². The summed E-state index contributed by atoms with van der Waals surface area (Å²) < 4.78 is -1.82. The number of nitrogens with two attached hydrogens (primary N) is 1. The second-order valence-electron chi connectivity index (χ2n) is 15.7. The molecule has 0 spiro atoms. The molecule has 4 aromatic heterocycles. The Morgan fingerprint density at radius 3 is 0.859 bits per heavy atom. The molecule has 1 amide bonds. The molecule has 0 unspecified atom stereocenters. The third-order valence-electron chi connectivity index (χ3n) is 10.6. The van der Waals surface area contributed by atoms with Gasteiger partial charge in [-0.1, -0.05) is 88.2 Å². The van der Waals surface area contributed by atoms with Crippen molar-refractivity contribution < 1.29 is 4.79 Å². The number of halogens is 3. The first-order valence-corrected chi connectivity index (χ1v) is 21.7. The van der Waals surface area contributed by atoms with Crippen LogP contribution in [0.5, 0.6) is 0 Å². The molecule has 7 N–H and O–H groups in total. The number of aromatic amines is 4. The number of aryl methyl sites for hydroxylation is 4. The molecule has 11 nitrogen and oxygen atoms in total. The lowest BCUT2D eigenvalue weighted by Gasteiger charge is -2.08. The predicted octanol–water partition coefficient (Wildman–Crippen LogP) is 10.0. The normalized spacial score (nSPS) is 11.4. The molecule has 0 atom stereocenters. The molecule has 0 bridgehead atoms. The van der Waals surface area contributed by atoms with Crippen LogP contribution in [0, 0.1) is 27.7 Å². The first-order valence-electron chi connectivity index (χ1n) is 20.5. The fraction of sp³-hybridized carbons (Fsp3) is 0.180. The maximum atomic E-state index is 13.0. The third kappa shape index (κ3) is 9.11. The van der Waals surface area contributed by atoms with Crippen molar-refractivity contribution in [3.8, 4) is 0 Å². The fourth-order valence-electron chi connectivity index (χ4n) is 7.61. The van der Waals surface area contributed by atoms with E-state index in [1.807, 2.05) is 107 Å². The van der Waals surface area contributed by atoms with Crippen LogP contribution in [0.15, 0.2) is 116 Å². The number of alkyl halides is 3. The molecule has 4 heterocycles. The van der Waals surface area contributed by atoms with Crippen LogP contribution in [-0.2, 0) is 4.79 Å². The van der Waals surface area contributed by atoms with E-state index in [2.05, 4.69) is 25.3 Å². The monoisotopic (exact) mass is 914 g/mol. The van der Waals surface area contributed by atoms with Crippen LogP contribution in [0.4, 0.5) is 0 Å². The van der Waals surface area contributed by atoms with Crippen molar-refractivity contribution in [2.75, 3.05) is 13.1 Å². The summed E-state index contributed by atoms with van der Waals surface area (Å²) >= 11 is 15.5. The highest BCUT2D eigenvalue weighted by atomic mass is 35.6. The average Bonchev–Trinajstić information content (AvgIpc) is 3.25. The highest BCUT2D eigenvalue weighted by Gasteiger charge is 2.29. The summed E-state index contributed by atoms with van der Waals surface area (Å²) in [5.41, 5.74) is 14.7. The molecule has 14 heteroatoms. The Kier molecular flexibility index (Phi) is 13.0. The van der Waals surface area contributed by atoms with Gasteiger partial charge in [-0.25, -0.2) is 0 Å². The van der Waals surface area contributed by atoms with Gasteiger partial charge in [-0.05, 0) is 114 Å². The van der Waals surface area contributed by atoms with E-state index >= 15 is 0 Å². The van der Waals surface area contributed by atoms with Gasteiger partial charge in [0.2, 0.25) is 0 Å². The van der Waals surface area contributed by atoms with Crippen molar-refractivity contribution in [2.45, 2.75) is 45.3 Å². The largest absolute Gasteiger partial charge is 0.354 e. The zero-order valence-corrected chi connectivity index (χ0v) is 38.2. The Labute approximate surface area is 380 Å². The van der Waals surface area contributed by atoms with Gasteiger partial charge in [-0.3, -0.25) is 24.0 Å². The Balaban J connectivity index is 0.000000154. The Morgan fingerprint density at radius 2 is 0.672 bits per heavy atom. The van der Waals surface area contributed by atoms with Crippen molar-refractivity contribution in [2.24, 2.45) is 5.73 Å². The highest BCUT2D eigenvalue weighted by molar-refractivity contribution is 6.76. The lowest BCUT2D eigenvalue weighted by atomic mass is 10.0. The Hall–Kier alpha value is -6.50. The summed E-state index contributed by atoms with van der Waals surface area (Å²) in [6.45, 7) is 12.7. The molecular formula is C50H45Cl3N6O5. The van der Waals surface area contributed by atoms with E-state index < -0.39 is 9.70 Å². The minimum atomic E-state index is -1.82. The SMILES string of the molecule is CCN.CCNC(=O)C(Cl)(Cl)Cl.Cc1ccc2[nH]c3cc4c(=O)c5cc(C)ccc5[nH]c4cc3c(=O)c2c1.Cc1ccc2[nH]c3cc4c(=O)c5cc(C)ccc5[nH]c4cc3c(=O)c2c1. The summed E-state index contributed by atoms with van der Waals surface area (Å²) in [5.74, 6) is -0.588. The molecular weight excluding hydrogens is 871 g/mol. The van der Waals surface area contributed by atoms with Crippen molar-refractivity contribution in [3.05, 3.63) is 160 Å². The number of rotatable bonds is 1. The van der Waals surface area contributed by atoms with Crippen LogP contribution in [0.2, 0.25) is 0 Å². The maximum Gasteiger partial charge on any atom is 0.272 e. The van der Waals surface area contributed by atoms with Gasteiger partial charge in [0.15, 0.2) is 21.7 Å². The molecule has 0 fully saturated rings. The predicted molar refractivity (Wildman–Crippen MR) is 268 cm³/mol. The second kappa shape index (κ2) is 18.3. The number of amides is 1. The molecule has 0 aliphatic rings. The van der Waals surface area contributed by atoms with Crippen molar-refractivity contribution in [1.29, 1.82) is 0 Å². The van der Waals surface area contributed by atoms with Gasteiger partial charge >= 0.3 is 0 Å². The first kappa shape index (κ1) is 45.5. The summed E-state index contributed by atoms with van der Waals surface area (Å²) in [7, 11) is 0. The first-order chi connectivity index (χ1) is 30.4. The van der Waals surface area contributed by atoms with E-state index in [-0.39, 0.29) is 21.7 Å². The summed E-state index contributed by atoms with van der Waals surface area (Å²) in [4.78, 5) is 75.6. The maximum absolute atomic E-state index is 13.0. The van der Waals surface area contributed by atoms with E-state index in [1.54, 1.807) is 31.2 Å². The lowest BCUT2D eigenvalue weighted by molar-refractivity contribution is -0.120. The van der Waals surface area contributed by atoms with Gasteiger partial charge in [0.05, 0.1) is 22.1 Å². The minimum absolute atomic E-state index is 0.0239. The van der Waals surface area contributed by atoms with Gasteiger partial charge in [-0.15, -0.1) is 0 Å². The number of hydrogen-bond acceptors (Lipinski definition) is 6. The van der Waals surface area contributed by atoms with Gasteiger partial charge in [0.25, 0.3) is 9.70 Å². The van der Waals surface area contributed by atoms with E-state index in [9.17, 15) is 24.0 Å². The number of nitrogens with one attached hydrogen (secondary N) is 5. The van der Waals surface area contributed by atoms with E-state index in [0.29, 0.717) is 71.7 Å². The van der Waals surface area contributed by atoms with Gasteiger partial charge in [-0.2, -0.15) is 0 Å². The molecule has 0 aliphatic heterocycles. The van der Waals surface area contributed by atoms with Crippen LogP contribution < -0.4 is 32.8 Å². The van der Waals surface area contributed by atoms with Crippen molar-refractivity contribution in [1.82, 2.24) is 25.3 Å². The number of hydrogen-bond donors (Lipinski definition) is 6. The number of benzene rings is 6. The quantitative estimate of drug-likeness (QED) is 0.0703. The Morgan fingerprint density at radius 1 is 0.453 bits per heavy atom. The minimum Gasteiger partial charge on any atom is -0.354 e. The number of aromatic nitrogens is 4. The summed E-state index contributed by atoms with van der Waals surface area (Å²) in [6.07, 6.45) is 0. The van der Waals surface area contributed by atoms with Crippen molar-refractivity contribution in [3.63, 3.8) is 0 Å². The standard InChI is InChI=1S/2C22H16N2O2.C4H6Cl3NO.C2H7N/c2*1-11-3-5-17-13(7-11)21(25)15-9-20-16(10-19(15)23-17)22(26)14-8-12(2)4-6-18(14)24-20;1-2-8-3(9)4(5,6)7;1-2-3/h2*3-10H,1-2H3,(H,23,25)(H,24,26);2H2,1H3,(H,8,9);2-3H2,1H3. The van der Waals surface area contributed by atoms with Crippen LogP contribution >= 0.6 is 34.8 Å². The molecule has 10 aromatic rings.